The van der Waals surface area contributed by atoms with Crippen molar-refractivity contribution in [1.82, 2.24) is 0 Å². The fraction of sp³-hybridized carbons (Fsp3) is 0.235. The molecule has 2 aliphatic carbocycles. The largest absolute Gasteiger partial charge is 1.00 e. The number of thioether (sulfide) groups is 2. The molecule has 126 valence electrons. The average Bonchev–Trinajstić information content (AvgIpc) is 3.16. The molecule has 2 aliphatic heterocycles. The molecule has 24 heavy (non-hydrogen) atoms. The Morgan fingerprint density at radius 1 is 0.875 bits per heavy atom. The second-order valence-electron chi connectivity index (χ2n) is 5.76. The number of allylic oxidation sites excluding steroid dienone is 8. The Labute approximate surface area is 188 Å². The van der Waals surface area contributed by atoms with Crippen molar-refractivity contribution in [3.05, 3.63) is 59.8 Å². The summed E-state index contributed by atoms with van der Waals surface area (Å²) >= 11 is 9.38. The van der Waals surface area contributed by atoms with Crippen LogP contribution in [0.1, 0.15) is 13.8 Å². The first-order valence-corrected chi connectivity index (χ1v) is 14.8. The van der Waals surface area contributed by atoms with Crippen LogP contribution in [0.2, 0.25) is 0 Å². The molecule has 4 aliphatic rings. The van der Waals surface area contributed by atoms with Gasteiger partial charge in [0.15, 0.2) is 0 Å². The van der Waals surface area contributed by atoms with Gasteiger partial charge in [-0.1, -0.05) is 0 Å². The van der Waals surface area contributed by atoms with Crippen LogP contribution < -0.4 is 24.8 Å². The second kappa shape index (κ2) is 8.21. The van der Waals surface area contributed by atoms with E-state index in [2.05, 4.69) is 57.9 Å². The molecule has 0 amide bonds. The molecule has 0 atom stereocenters. The van der Waals surface area contributed by atoms with Gasteiger partial charge < -0.3 is 24.8 Å². The van der Waals surface area contributed by atoms with Crippen LogP contribution in [0.15, 0.2) is 59.8 Å². The molecule has 0 saturated heterocycles. The first-order valence-electron chi connectivity index (χ1n) is 7.08. The predicted octanol–water partition coefficient (Wildman–Crippen LogP) is 0.179. The molecular weight excluding hydrogens is 590 g/mol. The van der Waals surface area contributed by atoms with Gasteiger partial charge in [0.05, 0.1) is 0 Å². The third-order valence-electron chi connectivity index (χ3n) is 4.33. The van der Waals surface area contributed by atoms with Crippen LogP contribution in [0, 0.1) is 0 Å². The van der Waals surface area contributed by atoms with Crippen LogP contribution in [0.25, 0.3) is 0 Å². The summed E-state index contributed by atoms with van der Waals surface area (Å²) in [6, 6.07) is 0. The zero-order valence-electron chi connectivity index (χ0n) is 13.1. The predicted molar refractivity (Wildman–Crippen MR) is 106 cm³/mol. The summed E-state index contributed by atoms with van der Waals surface area (Å²) in [5, 5.41) is 0. The monoisotopic (exact) mass is 600 g/mol. The minimum absolute atomic E-state index is 0. The summed E-state index contributed by atoms with van der Waals surface area (Å²) < 4.78 is 10.7. The van der Waals surface area contributed by atoms with Gasteiger partial charge >= 0.3 is 166 Å². The van der Waals surface area contributed by atoms with E-state index in [1.165, 1.54) is 41.1 Å². The molecule has 0 spiro atoms. The Morgan fingerprint density at radius 2 is 1.25 bits per heavy atom. The van der Waals surface area contributed by atoms with Crippen molar-refractivity contribution < 1.29 is 46.1 Å². The van der Waals surface area contributed by atoms with Gasteiger partial charge in [0.2, 0.25) is 0 Å². The molecule has 0 aromatic carbocycles. The minimum atomic E-state index is -2.08. The third-order valence-corrected chi connectivity index (χ3v) is 15.8. The molecule has 0 bridgehead atoms. The summed E-state index contributed by atoms with van der Waals surface area (Å²) in [6.45, 7) is 4.54. The van der Waals surface area contributed by atoms with Crippen LogP contribution in [-0.4, -0.2) is 15.7 Å². The minimum Gasteiger partial charge on any atom is -1.00 e. The van der Waals surface area contributed by atoms with Crippen molar-refractivity contribution in [2.45, 2.75) is 13.8 Å². The van der Waals surface area contributed by atoms with Gasteiger partial charge in [-0.25, -0.2) is 0 Å². The van der Waals surface area contributed by atoms with Crippen molar-refractivity contribution in [3.8, 4) is 0 Å². The maximum absolute atomic E-state index is 4.77. The smallest absolute Gasteiger partial charge is 1.00 e. The molecule has 0 aromatic heterocycles. The van der Waals surface area contributed by atoms with Crippen molar-refractivity contribution >= 4 is 59.6 Å². The Bertz CT molecular complexity index is 777. The topological polar surface area (TPSA) is 0 Å². The number of hydrogen-bond acceptors (Lipinski definition) is 2. The van der Waals surface area contributed by atoms with Gasteiger partial charge in [-0.3, -0.25) is 0 Å². The Morgan fingerprint density at radius 3 is 1.62 bits per heavy atom. The SMILES string of the molecule is [CH2]=[Zr+2]([C]1=C2SCC(Br)=C2C=C1C)[C]1=C2SCC(Br)=C2C=C1C.[Cl-].[Cl-]. The molecular formula is C17H14Br2Cl2S2Zr. The van der Waals surface area contributed by atoms with Crippen LogP contribution in [-0.2, 0) is 21.3 Å². The zero-order valence-corrected chi connectivity index (χ0v) is 21.9. The quantitative estimate of drug-likeness (QED) is 0.442. The van der Waals surface area contributed by atoms with E-state index in [1.54, 1.807) is 6.56 Å². The van der Waals surface area contributed by atoms with E-state index in [-0.39, 0.29) is 24.8 Å². The molecule has 0 fully saturated rings. The van der Waals surface area contributed by atoms with E-state index < -0.39 is 21.3 Å². The Kier molecular flexibility index (Phi) is 7.43. The molecule has 0 N–H and O–H groups in total. The van der Waals surface area contributed by atoms with Crippen LogP contribution in [0.5, 0.6) is 0 Å². The number of rotatable bonds is 2. The maximum atomic E-state index is 4.77. The van der Waals surface area contributed by atoms with Crippen LogP contribution in [0.4, 0.5) is 0 Å². The van der Waals surface area contributed by atoms with E-state index in [1.807, 2.05) is 23.5 Å². The molecule has 7 heteroatoms. The summed E-state index contributed by atoms with van der Waals surface area (Å²) in [7, 11) is 0. The first-order chi connectivity index (χ1) is 10.5. The summed E-state index contributed by atoms with van der Waals surface area (Å²) in [5.74, 6) is 2.17. The fourth-order valence-corrected chi connectivity index (χ4v) is 14.9. The van der Waals surface area contributed by atoms with E-state index in [9.17, 15) is 0 Å². The van der Waals surface area contributed by atoms with Gasteiger partial charge in [0, 0.05) is 0 Å². The molecule has 0 nitrogen and oxygen atoms in total. The molecule has 0 saturated carbocycles. The summed E-state index contributed by atoms with van der Waals surface area (Å²) in [5.41, 5.74) is 5.78. The van der Waals surface area contributed by atoms with E-state index in [0.717, 1.165) is 11.5 Å². The van der Waals surface area contributed by atoms with E-state index >= 15 is 0 Å². The van der Waals surface area contributed by atoms with Gasteiger partial charge in [-0.2, -0.15) is 0 Å². The second-order valence-corrected chi connectivity index (χ2v) is 14.5. The van der Waals surface area contributed by atoms with Crippen molar-refractivity contribution in [1.29, 1.82) is 0 Å². The Hall–Kier alpha value is 1.43. The molecule has 0 unspecified atom stereocenters. The Balaban J connectivity index is 0.00000104. The number of halogens is 4. The van der Waals surface area contributed by atoms with Gasteiger partial charge in [-0.15, -0.1) is 0 Å². The standard InChI is InChI=1S/2C8H6BrS.CH2.2ClH.Zr/c2*1-5-2-6-7(9)4-10-8(6)3-5;;;;/h2*2H,4H2,1H3;1H2;2*1H;/q;;;;;+2/p-2. The summed E-state index contributed by atoms with van der Waals surface area (Å²) in [4.78, 5) is 3.04. The maximum Gasteiger partial charge on any atom is -1.00 e. The van der Waals surface area contributed by atoms with Gasteiger partial charge in [0.25, 0.3) is 0 Å². The van der Waals surface area contributed by atoms with Crippen LogP contribution in [0.3, 0.4) is 0 Å². The van der Waals surface area contributed by atoms with Gasteiger partial charge in [0.1, 0.15) is 0 Å². The first kappa shape index (κ1) is 21.7. The van der Waals surface area contributed by atoms with E-state index in [4.69, 9.17) is 4.21 Å². The molecule has 0 radical (unpaired) electrons. The third kappa shape index (κ3) is 3.34. The molecule has 2 heterocycles. The molecule has 0 aromatic rings. The average molecular weight is 604 g/mol. The number of hydrogen-bond donors (Lipinski definition) is 0. The van der Waals surface area contributed by atoms with Crippen LogP contribution >= 0.6 is 55.4 Å². The summed E-state index contributed by atoms with van der Waals surface area (Å²) in [6.07, 6.45) is 4.74. The van der Waals surface area contributed by atoms with Gasteiger partial charge in [-0.05, 0) is 0 Å². The molecule has 4 rings (SSSR count). The van der Waals surface area contributed by atoms with Crippen molar-refractivity contribution in [2.24, 2.45) is 0 Å². The van der Waals surface area contributed by atoms with Crippen molar-refractivity contribution in [2.75, 3.05) is 11.5 Å². The van der Waals surface area contributed by atoms with E-state index in [0.29, 0.717) is 0 Å². The normalized spacial score (nSPS) is 21.3. The number of fused-ring (bicyclic) bond motifs is 2. The fourth-order valence-electron chi connectivity index (χ4n) is 3.34. The van der Waals surface area contributed by atoms with Crippen molar-refractivity contribution in [3.63, 3.8) is 0 Å². The zero-order chi connectivity index (χ0) is 15.6.